The van der Waals surface area contributed by atoms with E-state index in [1.54, 1.807) is 23.1 Å². The first-order valence-electron chi connectivity index (χ1n) is 6.91. The first-order valence-corrected chi connectivity index (χ1v) is 7.29. The van der Waals surface area contributed by atoms with Gasteiger partial charge in [-0.3, -0.25) is 4.79 Å². The fourth-order valence-corrected chi connectivity index (χ4v) is 3.10. The van der Waals surface area contributed by atoms with Crippen molar-refractivity contribution in [3.63, 3.8) is 0 Å². The van der Waals surface area contributed by atoms with Crippen LogP contribution in [0.1, 0.15) is 13.3 Å². The topological polar surface area (TPSA) is 79.6 Å². The lowest BCUT2D eigenvalue weighted by molar-refractivity contribution is -0.142. The Hall–Kier alpha value is -2.26. The molecular weight excluding hydrogens is 308 g/mol. The van der Waals surface area contributed by atoms with E-state index in [9.17, 15) is 9.59 Å². The second-order valence-corrected chi connectivity index (χ2v) is 5.59. The molecule has 2 aliphatic heterocycles. The summed E-state index contributed by atoms with van der Waals surface area (Å²) in [6.07, 6.45) is 3.84. The first kappa shape index (κ1) is 14.7. The Morgan fingerprint density at radius 3 is 3.05 bits per heavy atom. The number of ether oxygens (including phenoxy) is 2. The minimum atomic E-state index is -0.800. The molecule has 6 nitrogen and oxygen atoms in total. The monoisotopic (exact) mass is 320 g/mol. The third-order valence-corrected chi connectivity index (χ3v) is 4.06. The summed E-state index contributed by atoms with van der Waals surface area (Å²) in [7, 11) is 0. The molecule has 1 saturated heterocycles. The van der Waals surface area contributed by atoms with E-state index in [2.05, 4.69) is 0 Å². The Morgan fingerprint density at radius 1 is 1.59 bits per heavy atom. The number of hydrogen-bond acceptors (Lipinski definition) is 5. The van der Waals surface area contributed by atoms with Crippen molar-refractivity contribution in [2.75, 3.05) is 13.2 Å². The average Bonchev–Trinajstić information content (AvgIpc) is 2.78. The van der Waals surface area contributed by atoms with Crippen LogP contribution in [0, 0.1) is 11.3 Å². The second-order valence-electron chi connectivity index (χ2n) is 5.15. The van der Waals surface area contributed by atoms with Crippen molar-refractivity contribution in [3.05, 3.63) is 34.1 Å². The fraction of sp³-hybridized carbons (Fsp3) is 0.400. The lowest BCUT2D eigenvalue weighted by Gasteiger charge is -2.39. The summed E-state index contributed by atoms with van der Waals surface area (Å²) in [5, 5.41) is 8.90. The third kappa shape index (κ3) is 2.18. The Morgan fingerprint density at radius 2 is 2.36 bits per heavy atom. The number of nitrogens with zero attached hydrogens (tertiary/aromatic N) is 2. The van der Waals surface area contributed by atoms with Gasteiger partial charge in [-0.25, -0.2) is 4.79 Å². The quantitative estimate of drug-likeness (QED) is 0.580. The van der Waals surface area contributed by atoms with E-state index >= 15 is 0 Å². The van der Waals surface area contributed by atoms with Gasteiger partial charge in [0, 0.05) is 10.6 Å². The van der Waals surface area contributed by atoms with Gasteiger partial charge in [0.25, 0.3) is 5.91 Å². The lowest BCUT2D eigenvalue weighted by atomic mass is 9.97. The number of morpholine rings is 1. The average molecular weight is 321 g/mol. The zero-order valence-corrected chi connectivity index (χ0v) is 12.6. The van der Waals surface area contributed by atoms with Gasteiger partial charge >= 0.3 is 5.97 Å². The summed E-state index contributed by atoms with van der Waals surface area (Å²) in [5.74, 6) is -0.638. The van der Waals surface area contributed by atoms with E-state index < -0.39 is 24.5 Å². The zero-order valence-electron chi connectivity index (χ0n) is 11.8. The number of rotatable bonds is 3. The summed E-state index contributed by atoms with van der Waals surface area (Å²) in [5.41, 5.74) is 0.411. The molecule has 0 bridgehead atoms. The maximum Gasteiger partial charge on any atom is 0.345 e. The first-order chi connectivity index (χ1) is 10.6. The van der Waals surface area contributed by atoms with Crippen LogP contribution in [0.15, 0.2) is 34.1 Å². The fourth-order valence-electron chi connectivity index (χ4n) is 2.88. The number of esters is 1. The second kappa shape index (κ2) is 5.50. The molecule has 0 N–H and O–H groups in total. The molecule has 0 spiro atoms. The zero-order chi connectivity index (χ0) is 15.9. The molecule has 0 saturated carbocycles. The molecule has 0 aromatic carbocycles. The highest BCUT2D eigenvalue weighted by molar-refractivity contribution is 6.32. The Labute approximate surface area is 132 Å². The SMILES string of the molecule is CCC1CN2C(=O)C(C(=O)OCC#N)=C3C=C(Cl)C=C(O1)C32. The predicted molar refractivity (Wildman–Crippen MR) is 76.3 cm³/mol. The summed E-state index contributed by atoms with van der Waals surface area (Å²) in [4.78, 5) is 26.3. The van der Waals surface area contributed by atoms with E-state index in [0.29, 0.717) is 22.9 Å². The molecule has 114 valence electrons. The van der Waals surface area contributed by atoms with Crippen molar-refractivity contribution in [1.82, 2.24) is 4.90 Å². The van der Waals surface area contributed by atoms with Gasteiger partial charge in [0.1, 0.15) is 29.5 Å². The van der Waals surface area contributed by atoms with Gasteiger partial charge in [-0.2, -0.15) is 5.26 Å². The van der Waals surface area contributed by atoms with Crippen LogP contribution in [0.4, 0.5) is 0 Å². The molecule has 0 aromatic rings. The normalized spacial score (nSPS) is 25.9. The number of carbonyl (C=O) groups excluding carboxylic acids is 2. The van der Waals surface area contributed by atoms with E-state index in [1.807, 2.05) is 6.92 Å². The molecule has 2 atom stereocenters. The molecule has 1 amide bonds. The van der Waals surface area contributed by atoms with Crippen LogP contribution in [-0.4, -0.2) is 42.1 Å². The standard InChI is InChI=1S/C15H13ClN2O4/c1-2-9-7-18-13-10(5-8(16)6-11(13)22-9)12(14(18)19)15(20)21-4-3-17/h5-6,9,13H,2,4,7H2,1H3. The lowest BCUT2D eigenvalue weighted by Crippen LogP contribution is -2.48. The molecule has 1 aliphatic carbocycles. The van der Waals surface area contributed by atoms with Crippen molar-refractivity contribution in [2.45, 2.75) is 25.5 Å². The van der Waals surface area contributed by atoms with Crippen molar-refractivity contribution in [3.8, 4) is 6.07 Å². The minimum absolute atomic E-state index is 0.0654. The third-order valence-electron chi connectivity index (χ3n) is 3.84. The minimum Gasteiger partial charge on any atom is -0.490 e. The van der Waals surface area contributed by atoms with Crippen molar-refractivity contribution >= 4 is 23.5 Å². The number of hydrogen-bond donors (Lipinski definition) is 0. The molecule has 1 fully saturated rings. The summed E-state index contributed by atoms with van der Waals surface area (Å²) in [6.45, 7) is 1.96. The summed E-state index contributed by atoms with van der Waals surface area (Å²) in [6, 6.07) is 1.28. The van der Waals surface area contributed by atoms with E-state index in [-0.39, 0.29) is 11.7 Å². The predicted octanol–water partition coefficient (Wildman–Crippen LogP) is 1.39. The number of amides is 1. The van der Waals surface area contributed by atoms with E-state index in [0.717, 1.165) is 6.42 Å². The maximum absolute atomic E-state index is 12.6. The van der Waals surface area contributed by atoms with E-state index in [4.69, 9.17) is 26.3 Å². The van der Waals surface area contributed by atoms with Crippen LogP contribution in [0.25, 0.3) is 0 Å². The molecule has 7 heteroatoms. The van der Waals surface area contributed by atoms with Gasteiger partial charge in [-0.05, 0) is 18.6 Å². The number of carbonyl (C=O) groups is 2. The highest BCUT2D eigenvalue weighted by atomic mass is 35.5. The van der Waals surface area contributed by atoms with Crippen LogP contribution in [0.5, 0.6) is 0 Å². The van der Waals surface area contributed by atoms with Crippen molar-refractivity contribution in [1.29, 1.82) is 5.26 Å². The van der Waals surface area contributed by atoms with Gasteiger partial charge in [0.05, 0.1) is 6.54 Å². The highest BCUT2D eigenvalue weighted by Crippen LogP contribution is 2.41. The summed E-state index contributed by atoms with van der Waals surface area (Å²) < 4.78 is 10.6. The van der Waals surface area contributed by atoms with Crippen molar-refractivity contribution in [2.24, 2.45) is 0 Å². The Kier molecular flexibility index (Phi) is 3.67. The van der Waals surface area contributed by atoms with Gasteiger partial charge in [-0.15, -0.1) is 0 Å². The molecule has 3 aliphatic rings. The van der Waals surface area contributed by atoms with Crippen LogP contribution in [-0.2, 0) is 19.1 Å². The van der Waals surface area contributed by atoms with Crippen LogP contribution < -0.4 is 0 Å². The van der Waals surface area contributed by atoms with E-state index in [1.165, 1.54) is 0 Å². The number of halogens is 1. The number of allylic oxidation sites excluding steroid dienone is 2. The molecule has 22 heavy (non-hydrogen) atoms. The maximum atomic E-state index is 12.6. The Balaban J connectivity index is 2.02. The van der Waals surface area contributed by atoms with Gasteiger partial charge in [-0.1, -0.05) is 18.5 Å². The molecule has 2 heterocycles. The smallest absolute Gasteiger partial charge is 0.345 e. The highest BCUT2D eigenvalue weighted by Gasteiger charge is 2.49. The van der Waals surface area contributed by atoms with Crippen LogP contribution in [0.2, 0.25) is 0 Å². The molecule has 0 radical (unpaired) electrons. The van der Waals surface area contributed by atoms with Crippen LogP contribution >= 0.6 is 11.6 Å². The van der Waals surface area contributed by atoms with Crippen LogP contribution in [0.3, 0.4) is 0 Å². The molecule has 3 rings (SSSR count). The van der Waals surface area contributed by atoms with Gasteiger partial charge < -0.3 is 14.4 Å². The molecule has 0 aromatic heterocycles. The van der Waals surface area contributed by atoms with Gasteiger partial charge in [0.15, 0.2) is 6.61 Å². The van der Waals surface area contributed by atoms with Crippen molar-refractivity contribution < 1.29 is 19.1 Å². The molecule has 2 unspecified atom stereocenters. The van der Waals surface area contributed by atoms with Gasteiger partial charge in [0.2, 0.25) is 0 Å². The number of nitriles is 1. The largest absolute Gasteiger partial charge is 0.490 e. The Bertz CT molecular complexity index is 686. The summed E-state index contributed by atoms with van der Waals surface area (Å²) >= 11 is 6.08. The molecular formula is C15H13ClN2O4.